The monoisotopic (exact) mass is 303 g/mol. The van der Waals surface area contributed by atoms with E-state index in [1.54, 1.807) is 11.3 Å². The van der Waals surface area contributed by atoms with Gasteiger partial charge in [-0.2, -0.15) is 0 Å². The van der Waals surface area contributed by atoms with Gasteiger partial charge >= 0.3 is 0 Å². The normalized spacial score (nSPS) is 11.5. The van der Waals surface area contributed by atoms with E-state index in [4.69, 9.17) is 4.98 Å². The molecule has 3 nitrogen and oxygen atoms in total. The molecule has 0 spiro atoms. The third-order valence-electron chi connectivity index (χ3n) is 3.39. The molecule has 0 atom stereocenters. The molecule has 0 aliphatic rings. The molecule has 4 heteroatoms. The molecule has 0 saturated heterocycles. The maximum Gasteiger partial charge on any atom is 0.107 e. The fourth-order valence-electron chi connectivity index (χ4n) is 2.20. The lowest BCUT2D eigenvalue weighted by molar-refractivity contribution is 0.315. The summed E-state index contributed by atoms with van der Waals surface area (Å²) in [6, 6.07) is 9.07. The molecule has 1 aromatic carbocycles. The first kappa shape index (κ1) is 16.1. The van der Waals surface area contributed by atoms with Crippen LogP contribution in [0.4, 0.5) is 0 Å². The van der Waals surface area contributed by atoms with E-state index in [1.807, 2.05) is 0 Å². The van der Waals surface area contributed by atoms with Crippen LogP contribution >= 0.6 is 11.3 Å². The summed E-state index contributed by atoms with van der Waals surface area (Å²) in [5.41, 5.74) is 3.90. The lowest BCUT2D eigenvalue weighted by atomic mass is 10.1. The number of hydrogen-bond acceptors (Lipinski definition) is 4. The lowest BCUT2D eigenvalue weighted by Crippen LogP contribution is -2.22. The topological polar surface area (TPSA) is 28.2 Å². The smallest absolute Gasteiger partial charge is 0.107 e. The molecule has 114 valence electrons. The van der Waals surface area contributed by atoms with E-state index in [0.717, 1.165) is 25.3 Å². The van der Waals surface area contributed by atoms with Crippen molar-refractivity contribution in [2.24, 2.45) is 0 Å². The van der Waals surface area contributed by atoms with Gasteiger partial charge in [-0.15, -0.1) is 11.3 Å². The third kappa shape index (κ3) is 5.23. The minimum Gasteiger partial charge on any atom is -0.308 e. The molecule has 1 heterocycles. The highest BCUT2D eigenvalue weighted by atomic mass is 32.1. The Balaban J connectivity index is 1.88. The lowest BCUT2D eigenvalue weighted by Gasteiger charge is -2.16. The fourth-order valence-corrected chi connectivity index (χ4v) is 2.94. The van der Waals surface area contributed by atoms with Crippen LogP contribution in [0.15, 0.2) is 29.6 Å². The zero-order chi connectivity index (χ0) is 15.2. The summed E-state index contributed by atoms with van der Waals surface area (Å²) in [4.78, 5) is 7.02. The van der Waals surface area contributed by atoms with E-state index >= 15 is 0 Å². The predicted molar refractivity (Wildman–Crippen MR) is 90.4 cm³/mol. The van der Waals surface area contributed by atoms with Crippen molar-refractivity contribution in [1.29, 1.82) is 0 Å². The number of nitrogens with zero attached hydrogens (tertiary/aromatic N) is 2. The van der Waals surface area contributed by atoms with Crippen LogP contribution in [0.3, 0.4) is 0 Å². The maximum atomic E-state index is 4.70. The molecule has 0 aliphatic heterocycles. The van der Waals surface area contributed by atoms with Crippen molar-refractivity contribution < 1.29 is 0 Å². The van der Waals surface area contributed by atoms with Crippen LogP contribution in [0, 0.1) is 6.92 Å². The molecule has 1 N–H and O–H groups in total. The Labute approximate surface area is 132 Å². The van der Waals surface area contributed by atoms with Crippen LogP contribution in [0.25, 0.3) is 0 Å². The van der Waals surface area contributed by atoms with Gasteiger partial charge < -0.3 is 5.32 Å². The number of hydrogen-bond donors (Lipinski definition) is 1. The summed E-state index contributed by atoms with van der Waals surface area (Å²) in [5.74, 6) is 0. The zero-order valence-electron chi connectivity index (χ0n) is 13.4. The van der Waals surface area contributed by atoms with Gasteiger partial charge in [-0.25, -0.2) is 4.98 Å². The number of aryl methyl sites for hydroxylation is 1. The highest BCUT2D eigenvalue weighted by Gasteiger charge is 2.07. The highest BCUT2D eigenvalue weighted by molar-refractivity contribution is 7.09. The van der Waals surface area contributed by atoms with Gasteiger partial charge in [0.2, 0.25) is 0 Å². The minimum absolute atomic E-state index is 0.501. The maximum absolute atomic E-state index is 4.70. The Morgan fingerprint density at radius 2 is 2.00 bits per heavy atom. The first-order valence-corrected chi connectivity index (χ1v) is 8.32. The average Bonchev–Trinajstić information content (AvgIpc) is 2.86. The summed E-state index contributed by atoms with van der Waals surface area (Å²) >= 11 is 1.74. The summed E-state index contributed by atoms with van der Waals surface area (Å²) in [6.45, 7) is 9.21. The van der Waals surface area contributed by atoms with Gasteiger partial charge in [-0.1, -0.05) is 38.1 Å². The molecule has 1 aromatic heterocycles. The molecule has 0 fully saturated rings. The van der Waals surface area contributed by atoms with Crippen molar-refractivity contribution >= 4 is 11.3 Å². The van der Waals surface area contributed by atoms with E-state index in [2.05, 4.69) is 67.7 Å². The second kappa shape index (κ2) is 7.69. The number of benzene rings is 1. The molecule has 2 rings (SSSR count). The average molecular weight is 303 g/mol. The van der Waals surface area contributed by atoms with E-state index in [-0.39, 0.29) is 0 Å². The third-order valence-corrected chi connectivity index (χ3v) is 4.29. The Morgan fingerprint density at radius 1 is 1.24 bits per heavy atom. The van der Waals surface area contributed by atoms with Crippen molar-refractivity contribution in [2.45, 2.75) is 46.4 Å². The number of rotatable bonds is 7. The van der Waals surface area contributed by atoms with Crippen LogP contribution in [0.5, 0.6) is 0 Å². The van der Waals surface area contributed by atoms with Gasteiger partial charge in [0.25, 0.3) is 0 Å². The first-order valence-electron chi connectivity index (χ1n) is 7.44. The Hall–Kier alpha value is -1.23. The molecule has 0 radical (unpaired) electrons. The van der Waals surface area contributed by atoms with Crippen LogP contribution in [0.1, 0.15) is 35.7 Å². The van der Waals surface area contributed by atoms with E-state index < -0.39 is 0 Å². The standard InChI is InChI=1S/C17H25N3S/c1-13(2)18-9-17-19-16(12-21-17)11-20(4)10-15-8-6-5-7-14(15)3/h5-8,12-13,18H,9-11H2,1-4H3. The van der Waals surface area contributed by atoms with E-state index in [0.29, 0.717) is 6.04 Å². The molecule has 0 amide bonds. The van der Waals surface area contributed by atoms with Crippen LogP contribution < -0.4 is 5.32 Å². The number of aromatic nitrogens is 1. The Kier molecular flexibility index (Phi) is 5.91. The molecular formula is C17H25N3S. The quantitative estimate of drug-likeness (QED) is 0.847. The molecule has 0 aliphatic carbocycles. The minimum atomic E-state index is 0.501. The summed E-state index contributed by atoms with van der Waals surface area (Å²) in [6.07, 6.45) is 0. The van der Waals surface area contributed by atoms with Crippen molar-refractivity contribution in [3.63, 3.8) is 0 Å². The molecule has 2 aromatic rings. The van der Waals surface area contributed by atoms with E-state index in [1.165, 1.54) is 16.1 Å². The highest BCUT2D eigenvalue weighted by Crippen LogP contribution is 2.14. The summed E-state index contributed by atoms with van der Waals surface area (Å²) < 4.78 is 0. The van der Waals surface area contributed by atoms with E-state index in [9.17, 15) is 0 Å². The summed E-state index contributed by atoms with van der Waals surface area (Å²) in [7, 11) is 2.15. The SMILES string of the molecule is Cc1ccccc1CN(C)Cc1csc(CNC(C)C)n1. The molecule has 21 heavy (non-hydrogen) atoms. The first-order chi connectivity index (χ1) is 10.0. The van der Waals surface area contributed by atoms with Gasteiger partial charge in [-0.3, -0.25) is 4.90 Å². The van der Waals surface area contributed by atoms with Crippen LogP contribution in [-0.4, -0.2) is 23.0 Å². The van der Waals surface area contributed by atoms with Gasteiger partial charge in [-0.05, 0) is 25.1 Å². The second-order valence-corrected chi connectivity index (χ2v) is 6.81. The molecular weight excluding hydrogens is 278 g/mol. The molecule has 0 unspecified atom stereocenters. The Bertz CT molecular complexity index is 563. The largest absolute Gasteiger partial charge is 0.308 e. The van der Waals surface area contributed by atoms with Gasteiger partial charge in [0.15, 0.2) is 0 Å². The summed E-state index contributed by atoms with van der Waals surface area (Å²) in [5, 5.41) is 6.75. The zero-order valence-corrected chi connectivity index (χ0v) is 14.2. The number of thiazole rings is 1. The second-order valence-electron chi connectivity index (χ2n) is 5.87. The van der Waals surface area contributed by atoms with Crippen molar-refractivity contribution in [3.8, 4) is 0 Å². The van der Waals surface area contributed by atoms with Crippen LogP contribution in [0.2, 0.25) is 0 Å². The van der Waals surface area contributed by atoms with Gasteiger partial charge in [0.1, 0.15) is 5.01 Å². The van der Waals surface area contributed by atoms with Crippen molar-refractivity contribution in [1.82, 2.24) is 15.2 Å². The molecule has 0 saturated carbocycles. The van der Waals surface area contributed by atoms with Crippen LogP contribution in [-0.2, 0) is 19.6 Å². The Morgan fingerprint density at radius 3 is 2.71 bits per heavy atom. The fraction of sp³-hybridized carbons (Fsp3) is 0.471. The predicted octanol–water partition coefficient (Wildman–Crippen LogP) is 3.58. The molecule has 0 bridgehead atoms. The van der Waals surface area contributed by atoms with Gasteiger partial charge in [0.05, 0.1) is 5.69 Å². The van der Waals surface area contributed by atoms with Crippen molar-refractivity contribution in [3.05, 3.63) is 51.5 Å². The van der Waals surface area contributed by atoms with Crippen molar-refractivity contribution in [2.75, 3.05) is 7.05 Å². The van der Waals surface area contributed by atoms with Gasteiger partial charge in [0, 0.05) is 31.1 Å². The number of nitrogens with one attached hydrogen (secondary N) is 1.